The molecule has 74 valence electrons. The topological polar surface area (TPSA) is 38.0 Å². The molecule has 0 fully saturated rings. The zero-order valence-electron chi connectivity index (χ0n) is 8.93. The number of hydrogen-bond acceptors (Lipinski definition) is 2. The van der Waals surface area contributed by atoms with Crippen molar-refractivity contribution in [2.75, 3.05) is 13.6 Å². The smallest absolute Gasteiger partial charge is 0.00695 e. The third-order valence-corrected chi connectivity index (χ3v) is 2.25. The molecule has 2 unspecified atom stereocenters. The van der Waals surface area contributed by atoms with Crippen LogP contribution in [0.4, 0.5) is 0 Å². The predicted molar refractivity (Wildman–Crippen MR) is 55.1 cm³/mol. The van der Waals surface area contributed by atoms with Gasteiger partial charge in [0.1, 0.15) is 0 Å². The maximum absolute atomic E-state index is 5.58. The first-order chi connectivity index (χ1) is 5.60. The van der Waals surface area contributed by atoms with E-state index >= 15 is 0 Å². The van der Waals surface area contributed by atoms with Gasteiger partial charge in [-0.25, -0.2) is 0 Å². The SMILES string of the molecule is CNC(CC(C)C)CC(C)CN. The Morgan fingerprint density at radius 3 is 2.08 bits per heavy atom. The Kier molecular flexibility index (Phi) is 6.39. The van der Waals surface area contributed by atoms with Crippen molar-refractivity contribution in [1.82, 2.24) is 5.32 Å². The van der Waals surface area contributed by atoms with Crippen molar-refractivity contribution in [2.24, 2.45) is 17.6 Å². The maximum Gasteiger partial charge on any atom is 0.00695 e. The standard InChI is InChI=1S/C10H24N2/c1-8(2)5-10(12-4)6-9(3)7-11/h8-10,12H,5-7,11H2,1-4H3. The first kappa shape index (κ1) is 11.9. The lowest BCUT2D eigenvalue weighted by Crippen LogP contribution is -2.30. The summed E-state index contributed by atoms with van der Waals surface area (Å²) in [4.78, 5) is 0. The van der Waals surface area contributed by atoms with E-state index in [1.165, 1.54) is 12.8 Å². The van der Waals surface area contributed by atoms with Crippen molar-refractivity contribution in [3.05, 3.63) is 0 Å². The van der Waals surface area contributed by atoms with Gasteiger partial charge >= 0.3 is 0 Å². The van der Waals surface area contributed by atoms with E-state index in [9.17, 15) is 0 Å². The largest absolute Gasteiger partial charge is 0.330 e. The molecule has 0 heterocycles. The van der Waals surface area contributed by atoms with E-state index in [0.29, 0.717) is 12.0 Å². The zero-order valence-corrected chi connectivity index (χ0v) is 8.93. The van der Waals surface area contributed by atoms with Crippen LogP contribution in [0.1, 0.15) is 33.6 Å². The van der Waals surface area contributed by atoms with Crippen molar-refractivity contribution in [2.45, 2.75) is 39.7 Å². The van der Waals surface area contributed by atoms with E-state index in [-0.39, 0.29) is 0 Å². The second kappa shape index (κ2) is 6.44. The molecule has 12 heavy (non-hydrogen) atoms. The Morgan fingerprint density at radius 1 is 1.17 bits per heavy atom. The van der Waals surface area contributed by atoms with E-state index in [1.54, 1.807) is 0 Å². The van der Waals surface area contributed by atoms with Crippen LogP contribution in [0.2, 0.25) is 0 Å². The molecule has 0 saturated heterocycles. The molecule has 0 radical (unpaired) electrons. The van der Waals surface area contributed by atoms with Gasteiger partial charge < -0.3 is 11.1 Å². The van der Waals surface area contributed by atoms with Crippen LogP contribution < -0.4 is 11.1 Å². The molecule has 0 amide bonds. The molecule has 0 aromatic rings. The quantitative estimate of drug-likeness (QED) is 0.639. The summed E-state index contributed by atoms with van der Waals surface area (Å²) in [5.74, 6) is 1.41. The lowest BCUT2D eigenvalue weighted by Gasteiger charge is -2.21. The van der Waals surface area contributed by atoms with Crippen LogP contribution in [-0.4, -0.2) is 19.6 Å². The first-order valence-corrected chi connectivity index (χ1v) is 4.97. The minimum absolute atomic E-state index is 0.640. The molecule has 2 heteroatoms. The highest BCUT2D eigenvalue weighted by atomic mass is 14.9. The van der Waals surface area contributed by atoms with Crippen LogP contribution in [0.25, 0.3) is 0 Å². The summed E-state index contributed by atoms with van der Waals surface area (Å²) in [5.41, 5.74) is 5.58. The lowest BCUT2D eigenvalue weighted by atomic mass is 9.95. The fraction of sp³-hybridized carbons (Fsp3) is 1.00. The van der Waals surface area contributed by atoms with Gasteiger partial charge in [-0.1, -0.05) is 20.8 Å². The minimum atomic E-state index is 0.640. The van der Waals surface area contributed by atoms with Gasteiger partial charge in [0.05, 0.1) is 0 Å². The Balaban J connectivity index is 3.66. The van der Waals surface area contributed by atoms with Crippen LogP contribution in [0, 0.1) is 11.8 Å². The molecule has 0 rings (SSSR count). The Hall–Kier alpha value is -0.0800. The minimum Gasteiger partial charge on any atom is -0.330 e. The number of rotatable bonds is 6. The van der Waals surface area contributed by atoms with Crippen molar-refractivity contribution in [3.63, 3.8) is 0 Å². The van der Waals surface area contributed by atoms with Crippen molar-refractivity contribution in [3.8, 4) is 0 Å². The Bertz CT molecular complexity index is 102. The highest BCUT2D eigenvalue weighted by Gasteiger charge is 2.11. The van der Waals surface area contributed by atoms with Crippen molar-refractivity contribution in [1.29, 1.82) is 0 Å². The van der Waals surface area contributed by atoms with Gasteiger partial charge in [-0.3, -0.25) is 0 Å². The zero-order chi connectivity index (χ0) is 9.56. The predicted octanol–water partition coefficient (Wildman–Crippen LogP) is 1.61. The monoisotopic (exact) mass is 172 g/mol. The van der Waals surface area contributed by atoms with E-state index in [4.69, 9.17) is 5.73 Å². The lowest BCUT2D eigenvalue weighted by molar-refractivity contribution is 0.369. The molecule has 0 spiro atoms. The summed E-state index contributed by atoms with van der Waals surface area (Å²) in [7, 11) is 2.04. The van der Waals surface area contributed by atoms with E-state index < -0.39 is 0 Å². The molecule has 3 N–H and O–H groups in total. The first-order valence-electron chi connectivity index (χ1n) is 4.97. The average molecular weight is 172 g/mol. The van der Waals surface area contributed by atoms with Gasteiger partial charge in [-0.15, -0.1) is 0 Å². The van der Waals surface area contributed by atoms with E-state index in [2.05, 4.69) is 26.1 Å². The van der Waals surface area contributed by atoms with Crippen LogP contribution in [-0.2, 0) is 0 Å². The fourth-order valence-corrected chi connectivity index (χ4v) is 1.48. The molecule has 0 aromatic carbocycles. The van der Waals surface area contributed by atoms with Crippen LogP contribution >= 0.6 is 0 Å². The van der Waals surface area contributed by atoms with Crippen LogP contribution in [0.5, 0.6) is 0 Å². The summed E-state index contributed by atoms with van der Waals surface area (Å²) in [5, 5.41) is 3.34. The highest BCUT2D eigenvalue weighted by Crippen LogP contribution is 2.12. The van der Waals surface area contributed by atoms with Gasteiger partial charge in [0.15, 0.2) is 0 Å². The summed E-state index contributed by atoms with van der Waals surface area (Å²) in [6.45, 7) is 7.54. The third kappa shape index (κ3) is 5.56. The molecule has 0 aliphatic carbocycles. The summed E-state index contributed by atoms with van der Waals surface area (Å²) >= 11 is 0. The third-order valence-electron chi connectivity index (χ3n) is 2.25. The number of nitrogens with two attached hydrogens (primary N) is 1. The van der Waals surface area contributed by atoms with Crippen LogP contribution in [0.15, 0.2) is 0 Å². The normalized spacial score (nSPS) is 16.5. The molecular weight excluding hydrogens is 148 g/mol. The molecule has 0 aliphatic heterocycles. The maximum atomic E-state index is 5.58. The molecule has 0 saturated carbocycles. The summed E-state index contributed by atoms with van der Waals surface area (Å²) < 4.78 is 0. The number of nitrogens with one attached hydrogen (secondary N) is 1. The number of hydrogen-bond donors (Lipinski definition) is 2. The van der Waals surface area contributed by atoms with Gasteiger partial charge in [0.25, 0.3) is 0 Å². The molecule has 2 nitrogen and oxygen atoms in total. The van der Waals surface area contributed by atoms with Crippen LogP contribution in [0.3, 0.4) is 0 Å². The second-order valence-electron chi connectivity index (χ2n) is 4.19. The molecule has 0 aromatic heterocycles. The van der Waals surface area contributed by atoms with Gasteiger partial charge in [-0.05, 0) is 38.3 Å². The van der Waals surface area contributed by atoms with Gasteiger partial charge in [0, 0.05) is 6.04 Å². The average Bonchev–Trinajstić information content (AvgIpc) is 2.02. The second-order valence-corrected chi connectivity index (χ2v) is 4.19. The molecule has 0 bridgehead atoms. The van der Waals surface area contributed by atoms with E-state index in [0.717, 1.165) is 12.5 Å². The van der Waals surface area contributed by atoms with Gasteiger partial charge in [-0.2, -0.15) is 0 Å². The van der Waals surface area contributed by atoms with Crippen molar-refractivity contribution < 1.29 is 0 Å². The van der Waals surface area contributed by atoms with E-state index in [1.807, 2.05) is 7.05 Å². The molecule has 2 atom stereocenters. The highest BCUT2D eigenvalue weighted by molar-refractivity contribution is 4.70. The Labute approximate surface area is 76.9 Å². The van der Waals surface area contributed by atoms with Crippen molar-refractivity contribution >= 4 is 0 Å². The summed E-state index contributed by atoms with van der Waals surface area (Å²) in [6, 6.07) is 0.642. The Morgan fingerprint density at radius 2 is 1.75 bits per heavy atom. The fourth-order valence-electron chi connectivity index (χ4n) is 1.48. The van der Waals surface area contributed by atoms with Gasteiger partial charge in [0.2, 0.25) is 0 Å². The molecule has 0 aliphatic rings. The molecular formula is C10H24N2. The summed E-state index contributed by atoms with van der Waals surface area (Å²) in [6.07, 6.45) is 2.45.